The van der Waals surface area contributed by atoms with Crippen molar-refractivity contribution in [2.24, 2.45) is 5.92 Å². The number of nitrogens with one attached hydrogen (secondary N) is 2. The van der Waals surface area contributed by atoms with Gasteiger partial charge in [0.05, 0.1) is 17.8 Å². The van der Waals surface area contributed by atoms with Crippen LogP contribution in [0.25, 0.3) is 10.9 Å². The summed E-state index contributed by atoms with van der Waals surface area (Å²) >= 11 is 0. The van der Waals surface area contributed by atoms with E-state index >= 15 is 0 Å². The number of aromatic nitrogens is 2. The van der Waals surface area contributed by atoms with Crippen LogP contribution in [0.5, 0.6) is 5.75 Å². The smallest absolute Gasteiger partial charge is 0.248 e. The van der Waals surface area contributed by atoms with Crippen molar-refractivity contribution in [2.75, 3.05) is 44.0 Å². The van der Waals surface area contributed by atoms with Crippen LogP contribution in [0, 0.1) is 5.92 Å². The molecule has 38 heavy (non-hydrogen) atoms. The Balaban J connectivity index is 1.33. The van der Waals surface area contributed by atoms with Gasteiger partial charge < -0.3 is 20.1 Å². The Morgan fingerprint density at radius 1 is 1.16 bits per heavy atom. The number of benzene rings is 2. The molecule has 1 aromatic heterocycles. The first-order chi connectivity index (χ1) is 18.6. The van der Waals surface area contributed by atoms with Crippen molar-refractivity contribution in [1.29, 1.82) is 0 Å². The fourth-order valence-corrected chi connectivity index (χ4v) is 4.71. The number of hydrogen-bond donors (Lipinski definition) is 2. The summed E-state index contributed by atoms with van der Waals surface area (Å²) in [4.78, 5) is 24.2. The van der Waals surface area contributed by atoms with Crippen molar-refractivity contribution in [3.63, 3.8) is 0 Å². The molecule has 2 aliphatic rings. The Kier molecular flexibility index (Phi) is 8.51. The maximum Gasteiger partial charge on any atom is 0.248 e. The van der Waals surface area contributed by atoms with E-state index in [4.69, 9.17) is 9.47 Å². The van der Waals surface area contributed by atoms with Crippen LogP contribution in [0.1, 0.15) is 44.2 Å². The molecule has 8 nitrogen and oxygen atoms in total. The lowest BCUT2D eigenvalue weighted by Gasteiger charge is -2.30. The predicted octanol–water partition coefficient (Wildman–Crippen LogP) is 5.20. The average molecular weight is 516 g/mol. The summed E-state index contributed by atoms with van der Waals surface area (Å²) in [6, 6.07) is 14.6. The number of nitrogens with zero attached hydrogens (tertiary/aromatic N) is 3. The molecule has 1 aliphatic heterocycles. The van der Waals surface area contributed by atoms with Crippen molar-refractivity contribution >= 4 is 28.3 Å². The minimum Gasteiger partial charge on any atom is -0.491 e. The molecule has 2 heterocycles. The molecule has 0 spiro atoms. The molecule has 2 aromatic carbocycles. The first-order valence-electron chi connectivity index (χ1n) is 13.6. The van der Waals surface area contributed by atoms with E-state index < -0.39 is 0 Å². The molecule has 0 bridgehead atoms. The fraction of sp³-hybridized carbons (Fsp3) is 0.433. The Morgan fingerprint density at radius 2 is 1.95 bits per heavy atom. The third-order valence-electron chi connectivity index (χ3n) is 7.30. The largest absolute Gasteiger partial charge is 0.491 e. The van der Waals surface area contributed by atoms with Gasteiger partial charge in [0.2, 0.25) is 5.91 Å². The third-order valence-corrected chi connectivity index (χ3v) is 7.30. The molecular weight excluding hydrogens is 478 g/mol. The molecule has 200 valence electrons. The molecule has 2 fully saturated rings. The number of carbonyl (C=O) groups excluding carboxylic acids is 1. The summed E-state index contributed by atoms with van der Waals surface area (Å²) < 4.78 is 11.6. The number of hydrogen-bond acceptors (Lipinski definition) is 7. The van der Waals surface area contributed by atoms with Gasteiger partial charge in [0.25, 0.3) is 0 Å². The number of rotatable bonds is 11. The number of anilines is 2. The summed E-state index contributed by atoms with van der Waals surface area (Å²) in [5, 5.41) is 7.37. The van der Waals surface area contributed by atoms with Gasteiger partial charge >= 0.3 is 0 Å². The van der Waals surface area contributed by atoms with Crippen LogP contribution in [-0.2, 0) is 9.53 Å². The van der Waals surface area contributed by atoms with Crippen LogP contribution in [0.15, 0.2) is 60.9 Å². The highest BCUT2D eigenvalue weighted by Gasteiger charge is 2.23. The molecule has 1 saturated carbocycles. The van der Waals surface area contributed by atoms with Gasteiger partial charge in [-0.2, -0.15) is 0 Å². The van der Waals surface area contributed by atoms with Crippen molar-refractivity contribution in [3.8, 4) is 5.75 Å². The lowest BCUT2D eigenvalue weighted by molar-refractivity contribution is -0.111. The lowest BCUT2D eigenvalue weighted by atomic mass is 10.1. The third kappa shape index (κ3) is 6.88. The van der Waals surface area contributed by atoms with Gasteiger partial charge in [0.1, 0.15) is 17.9 Å². The molecule has 1 amide bonds. The summed E-state index contributed by atoms with van der Waals surface area (Å²) in [6.45, 7) is 5.05. The van der Waals surface area contributed by atoms with Gasteiger partial charge in [-0.3, -0.25) is 9.69 Å². The maximum absolute atomic E-state index is 12.9. The molecule has 1 aliphatic carbocycles. The van der Waals surface area contributed by atoms with Gasteiger partial charge in [0, 0.05) is 49.4 Å². The van der Waals surface area contributed by atoms with E-state index in [1.54, 1.807) is 12.4 Å². The zero-order valence-electron chi connectivity index (χ0n) is 22.2. The van der Waals surface area contributed by atoms with Gasteiger partial charge in [-0.25, -0.2) is 9.97 Å². The Morgan fingerprint density at radius 3 is 2.71 bits per heavy atom. The second-order valence-electron chi connectivity index (χ2n) is 10.3. The molecule has 3 aromatic rings. The van der Waals surface area contributed by atoms with E-state index in [0.717, 1.165) is 42.5 Å². The molecule has 5 rings (SSSR count). The first kappa shape index (κ1) is 26.1. The standard InChI is InChI=1S/C30H37N5O3/c1-21(23-7-4-3-5-8-23)33-30-25-17-27(28(38-19-22-10-11-22)18-26(25)31-20-32-30)34-29(36)9-6-14-35(2)24-12-15-37-16-13-24/h3-9,17-18,20-22,24H,10-16,19H2,1-2H3,(H,34,36)(H,31,32,33). The fourth-order valence-electron chi connectivity index (χ4n) is 4.71. The van der Waals surface area contributed by atoms with E-state index in [1.165, 1.54) is 12.8 Å². The quantitative estimate of drug-likeness (QED) is 0.340. The minimum atomic E-state index is -0.190. The zero-order valence-corrected chi connectivity index (χ0v) is 22.2. The van der Waals surface area contributed by atoms with E-state index in [0.29, 0.717) is 42.4 Å². The topological polar surface area (TPSA) is 88.6 Å². The number of carbonyl (C=O) groups is 1. The van der Waals surface area contributed by atoms with E-state index in [9.17, 15) is 4.79 Å². The van der Waals surface area contributed by atoms with Gasteiger partial charge in [-0.1, -0.05) is 36.4 Å². The second kappa shape index (κ2) is 12.4. The van der Waals surface area contributed by atoms with E-state index in [2.05, 4.69) is 51.6 Å². The second-order valence-corrected chi connectivity index (χ2v) is 10.3. The summed E-state index contributed by atoms with van der Waals surface area (Å²) in [7, 11) is 2.09. The SMILES string of the molecule is CC(Nc1ncnc2cc(OCC3CC3)c(NC(=O)C=CCN(C)C3CCOCC3)cc12)c1ccccc1. The lowest BCUT2D eigenvalue weighted by Crippen LogP contribution is -2.36. The highest BCUT2D eigenvalue weighted by Crippen LogP contribution is 2.36. The van der Waals surface area contributed by atoms with Gasteiger partial charge in [-0.15, -0.1) is 0 Å². The molecule has 2 N–H and O–H groups in total. The normalized spacial score (nSPS) is 17.1. The number of amides is 1. The Bertz CT molecular complexity index is 1260. The van der Waals surface area contributed by atoms with Crippen molar-refractivity contribution in [2.45, 2.75) is 44.7 Å². The van der Waals surface area contributed by atoms with Crippen LogP contribution in [0.2, 0.25) is 0 Å². The van der Waals surface area contributed by atoms with Crippen LogP contribution < -0.4 is 15.4 Å². The predicted molar refractivity (Wildman–Crippen MR) is 150 cm³/mol. The van der Waals surface area contributed by atoms with Crippen LogP contribution in [0.4, 0.5) is 11.5 Å². The maximum atomic E-state index is 12.9. The molecular formula is C30H37N5O3. The van der Waals surface area contributed by atoms with Gasteiger partial charge in [-0.05, 0) is 57.2 Å². The van der Waals surface area contributed by atoms with Crippen molar-refractivity contribution in [3.05, 3.63) is 66.5 Å². The highest BCUT2D eigenvalue weighted by atomic mass is 16.5. The van der Waals surface area contributed by atoms with Crippen molar-refractivity contribution < 1.29 is 14.3 Å². The summed E-state index contributed by atoms with van der Waals surface area (Å²) in [5.74, 6) is 1.74. The summed E-state index contributed by atoms with van der Waals surface area (Å²) in [5.41, 5.74) is 2.55. The molecule has 8 heteroatoms. The summed E-state index contributed by atoms with van der Waals surface area (Å²) in [6.07, 6.45) is 9.49. The van der Waals surface area contributed by atoms with E-state index in [1.807, 2.05) is 36.4 Å². The zero-order chi connectivity index (χ0) is 26.3. The first-order valence-corrected chi connectivity index (χ1v) is 13.6. The average Bonchev–Trinajstić information content (AvgIpc) is 3.78. The van der Waals surface area contributed by atoms with Crippen LogP contribution in [0.3, 0.4) is 0 Å². The molecule has 1 atom stereocenters. The number of ether oxygens (including phenoxy) is 2. The molecule has 0 radical (unpaired) electrons. The van der Waals surface area contributed by atoms with E-state index in [-0.39, 0.29) is 11.9 Å². The minimum absolute atomic E-state index is 0.0498. The number of fused-ring (bicyclic) bond motifs is 1. The molecule has 1 saturated heterocycles. The Labute approximate surface area is 224 Å². The van der Waals surface area contributed by atoms with Crippen LogP contribution >= 0.6 is 0 Å². The van der Waals surface area contributed by atoms with Crippen LogP contribution in [-0.4, -0.2) is 60.2 Å². The molecule has 1 unspecified atom stereocenters. The number of likely N-dealkylation sites (N-methyl/N-ethyl adjacent to an activating group) is 1. The monoisotopic (exact) mass is 515 g/mol. The van der Waals surface area contributed by atoms with Crippen molar-refractivity contribution in [1.82, 2.24) is 14.9 Å². The highest BCUT2D eigenvalue weighted by molar-refractivity contribution is 6.03. The Hall–Kier alpha value is -3.49. The van der Waals surface area contributed by atoms with Gasteiger partial charge in [0.15, 0.2) is 0 Å².